The first kappa shape index (κ1) is 13.3. The SMILES string of the molecule is CNS(=O)(=O)c1ccccc1NCCNC1CC1. The van der Waals surface area contributed by atoms with Gasteiger partial charge in [-0.2, -0.15) is 0 Å². The van der Waals surface area contributed by atoms with Gasteiger partial charge in [0.2, 0.25) is 10.0 Å². The van der Waals surface area contributed by atoms with Crippen molar-refractivity contribution in [3.05, 3.63) is 24.3 Å². The van der Waals surface area contributed by atoms with Gasteiger partial charge in [-0.05, 0) is 32.0 Å². The molecule has 0 bridgehead atoms. The van der Waals surface area contributed by atoms with Crippen LogP contribution in [0.25, 0.3) is 0 Å². The molecule has 100 valence electrons. The highest BCUT2D eigenvalue weighted by molar-refractivity contribution is 7.89. The van der Waals surface area contributed by atoms with Gasteiger partial charge in [-0.3, -0.25) is 0 Å². The molecule has 0 radical (unpaired) electrons. The van der Waals surface area contributed by atoms with E-state index in [1.54, 1.807) is 18.2 Å². The summed E-state index contributed by atoms with van der Waals surface area (Å²) >= 11 is 0. The summed E-state index contributed by atoms with van der Waals surface area (Å²) in [5.74, 6) is 0. The third kappa shape index (κ3) is 3.44. The molecule has 0 aliphatic heterocycles. The highest BCUT2D eigenvalue weighted by atomic mass is 32.2. The van der Waals surface area contributed by atoms with E-state index in [2.05, 4.69) is 15.4 Å². The molecule has 1 aliphatic rings. The molecule has 2 rings (SSSR count). The van der Waals surface area contributed by atoms with Gasteiger partial charge in [-0.15, -0.1) is 0 Å². The number of hydrogen-bond donors (Lipinski definition) is 3. The molecule has 3 N–H and O–H groups in total. The summed E-state index contributed by atoms with van der Waals surface area (Å²) in [6.07, 6.45) is 2.51. The van der Waals surface area contributed by atoms with E-state index >= 15 is 0 Å². The predicted octanol–water partition coefficient (Wildman–Crippen LogP) is 0.759. The normalized spacial score (nSPS) is 15.6. The minimum atomic E-state index is -3.40. The summed E-state index contributed by atoms with van der Waals surface area (Å²) in [6.45, 7) is 1.56. The Balaban J connectivity index is 1.98. The standard InChI is InChI=1S/C12H19N3O2S/c1-13-18(16,17)12-5-3-2-4-11(12)15-9-8-14-10-6-7-10/h2-5,10,13-15H,6-9H2,1H3. The van der Waals surface area contributed by atoms with Crippen LogP contribution in [0.15, 0.2) is 29.2 Å². The Morgan fingerprint density at radius 2 is 1.94 bits per heavy atom. The molecular formula is C12H19N3O2S. The smallest absolute Gasteiger partial charge is 0.242 e. The van der Waals surface area contributed by atoms with Crippen LogP contribution < -0.4 is 15.4 Å². The minimum absolute atomic E-state index is 0.291. The lowest BCUT2D eigenvalue weighted by molar-refractivity contribution is 0.588. The first-order valence-electron chi connectivity index (χ1n) is 6.13. The fourth-order valence-electron chi connectivity index (χ4n) is 1.72. The quantitative estimate of drug-likeness (QED) is 0.639. The molecule has 0 unspecified atom stereocenters. The molecular weight excluding hydrogens is 250 g/mol. The second-order valence-corrected chi connectivity index (χ2v) is 6.21. The Hall–Kier alpha value is -1.11. The summed E-state index contributed by atoms with van der Waals surface area (Å²) < 4.78 is 25.9. The molecule has 18 heavy (non-hydrogen) atoms. The number of sulfonamides is 1. The zero-order valence-electron chi connectivity index (χ0n) is 10.4. The molecule has 0 amide bonds. The molecule has 0 atom stereocenters. The van der Waals surface area contributed by atoms with Gasteiger partial charge in [0.1, 0.15) is 4.90 Å². The van der Waals surface area contributed by atoms with Crippen LogP contribution in [0.3, 0.4) is 0 Å². The number of nitrogens with one attached hydrogen (secondary N) is 3. The summed E-state index contributed by atoms with van der Waals surface area (Å²) in [6, 6.07) is 7.59. The van der Waals surface area contributed by atoms with Crippen LogP contribution in [0.2, 0.25) is 0 Å². The van der Waals surface area contributed by atoms with Gasteiger partial charge in [0.25, 0.3) is 0 Å². The van der Waals surface area contributed by atoms with Crippen molar-refractivity contribution in [2.75, 3.05) is 25.5 Å². The van der Waals surface area contributed by atoms with Gasteiger partial charge < -0.3 is 10.6 Å². The fraction of sp³-hybridized carbons (Fsp3) is 0.500. The number of rotatable bonds is 7. The van der Waals surface area contributed by atoms with Crippen molar-refractivity contribution in [3.63, 3.8) is 0 Å². The average molecular weight is 269 g/mol. The molecule has 0 heterocycles. The van der Waals surface area contributed by atoms with Crippen molar-refractivity contribution in [2.45, 2.75) is 23.8 Å². The van der Waals surface area contributed by atoms with E-state index in [0.29, 0.717) is 23.2 Å². The minimum Gasteiger partial charge on any atom is -0.383 e. The summed E-state index contributed by atoms with van der Waals surface area (Å²) in [4.78, 5) is 0.291. The van der Waals surface area contributed by atoms with E-state index < -0.39 is 10.0 Å². The zero-order chi connectivity index (χ0) is 13.0. The lowest BCUT2D eigenvalue weighted by Gasteiger charge is -2.12. The highest BCUT2D eigenvalue weighted by Crippen LogP contribution is 2.20. The van der Waals surface area contributed by atoms with Gasteiger partial charge in [-0.1, -0.05) is 12.1 Å². The monoisotopic (exact) mass is 269 g/mol. The number of hydrogen-bond acceptors (Lipinski definition) is 4. The van der Waals surface area contributed by atoms with Crippen molar-refractivity contribution in [1.29, 1.82) is 0 Å². The maximum atomic E-state index is 11.8. The second-order valence-electron chi connectivity index (χ2n) is 4.36. The fourth-order valence-corrected chi connectivity index (χ4v) is 2.63. The third-order valence-corrected chi connectivity index (χ3v) is 4.37. The maximum absolute atomic E-state index is 11.8. The molecule has 1 aliphatic carbocycles. The van der Waals surface area contributed by atoms with Crippen LogP contribution >= 0.6 is 0 Å². The van der Waals surface area contributed by atoms with Crippen LogP contribution in [0, 0.1) is 0 Å². The van der Waals surface area contributed by atoms with Crippen molar-refractivity contribution in [2.24, 2.45) is 0 Å². The Labute approximate surface area is 108 Å². The van der Waals surface area contributed by atoms with Crippen LogP contribution in [0.5, 0.6) is 0 Å². The largest absolute Gasteiger partial charge is 0.383 e. The van der Waals surface area contributed by atoms with E-state index in [-0.39, 0.29) is 0 Å². The van der Waals surface area contributed by atoms with Crippen LogP contribution in [0.1, 0.15) is 12.8 Å². The molecule has 0 saturated heterocycles. The van der Waals surface area contributed by atoms with Gasteiger partial charge in [-0.25, -0.2) is 13.1 Å². The lowest BCUT2D eigenvalue weighted by Crippen LogP contribution is -2.25. The van der Waals surface area contributed by atoms with Gasteiger partial charge in [0, 0.05) is 19.1 Å². The number of para-hydroxylation sites is 1. The Kier molecular flexibility index (Phi) is 4.21. The highest BCUT2D eigenvalue weighted by Gasteiger charge is 2.20. The molecule has 0 aromatic heterocycles. The Morgan fingerprint density at radius 1 is 1.22 bits per heavy atom. The Bertz CT molecular complexity index is 498. The zero-order valence-corrected chi connectivity index (χ0v) is 11.3. The van der Waals surface area contributed by atoms with Crippen molar-refractivity contribution < 1.29 is 8.42 Å². The van der Waals surface area contributed by atoms with Crippen LogP contribution in [-0.2, 0) is 10.0 Å². The van der Waals surface area contributed by atoms with Crippen molar-refractivity contribution >= 4 is 15.7 Å². The maximum Gasteiger partial charge on any atom is 0.242 e. The van der Waals surface area contributed by atoms with E-state index in [1.807, 2.05) is 6.07 Å². The molecule has 5 nitrogen and oxygen atoms in total. The first-order chi connectivity index (χ1) is 8.63. The van der Waals surface area contributed by atoms with E-state index in [9.17, 15) is 8.42 Å². The molecule has 1 fully saturated rings. The van der Waals surface area contributed by atoms with Gasteiger partial charge in [0.05, 0.1) is 5.69 Å². The molecule has 6 heteroatoms. The molecule has 1 aromatic rings. The summed E-state index contributed by atoms with van der Waals surface area (Å²) in [5.41, 5.74) is 0.643. The van der Waals surface area contributed by atoms with Gasteiger partial charge >= 0.3 is 0 Å². The molecule has 1 saturated carbocycles. The second kappa shape index (κ2) is 5.69. The predicted molar refractivity (Wildman–Crippen MR) is 72.2 cm³/mol. The first-order valence-corrected chi connectivity index (χ1v) is 7.61. The molecule has 0 spiro atoms. The van der Waals surface area contributed by atoms with E-state index in [4.69, 9.17) is 0 Å². The lowest BCUT2D eigenvalue weighted by atomic mass is 10.3. The summed E-state index contributed by atoms with van der Waals surface area (Å²) in [7, 11) is -1.99. The van der Waals surface area contributed by atoms with E-state index in [0.717, 1.165) is 6.54 Å². The third-order valence-electron chi connectivity index (χ3n) is 2.90. The van der Waals surface area contributed by atoms with Crippen LogP contribution in [-0.4, -0.2) is 34.6 Å². The molecule has 1 aromatic carbocycles. The Morgan fingerprint density at radius 3 is 2.61 bits per heavy atom. The van der Waals surface area contributed by atoms with Crippen molar-refractivity contribution in [3.8, 4) is 0 Å². The van der Waals surface area contributed by atoms with Crippen LogP contribution in [0.4, 0.5) is 5.69 Å². The average Bonchev–Trinajstić information content (AvgIpc) is 3.19. The number of anilines is 1. The topological polar surface area (TPSA) is 70.2 Å². The van der Waals surface area contributed by atoms with Gasteiger partial charge in [0.15, 0.2) is 0 Å². The van der Waals surface area contributed by atoms with Crippen molar-refractivity contribution in [1.82, 2.24) is 10.0 Å². The summed E-state index contributed by atoms with van der Waals surface area (Å²) in [5, 5.41) is 6.53. The van der Waals surface area contributed by atoms with E-state index in [1.165, 1.54) is 19.9 Å². The number of benzene rings is 1.